The van der Waals surface area contributed by atoms with E-state index in [1.165, 1.54) is 35.1 Å². The van der Waals surface area contributed by atoms with Crippen LogP contribution in [0.25, 0.3) is 22.6 Å². The number of alkyl halides is 3. The minimum absolute atomic E-state index is 0.131. The zero-order valence-corrected chi connectivity index (χ0v) is 16.2. The summed E-state index contributed by atoms with van der Waals surface area (Å²) in [5, 5.41) is 21.0. The molecule has 4 aromatic rings. The van der Waals surface area contributed by atoms with Gasteiger partial charge in [-0.3, -0.25) is 0 Å². The molecule has 0 atom stereocenters. The van der Waals surface area contributed by atoms with E-state index in [0.29, 0.717) is 16.9 Å². The van der Waals surface area contributed by atoms with Crippen molar-refractivity contribution < 1.29 is 23.1 Å². The van der Waals surface area contributed by atoms with Gasteiger partial charge in [-0.05, 0) is 42.8 Å². The minimum Gasteiger partial charge on any atom is -0.478 e. The summed E-state index contributed by atoms with van der Waals surface area (Å²) < 4.78 is 42.8. The fraction of sp³-hybridized carbons (Fsp3) is 0.143. The molecular formula is C21H16F3N5O2. The molecule has 158 valence electrons. The van der Waals surface area contributed by atoms with Crippen molar-refractivity contribution in [2.75, 3.05) is 0 Å². The standard InChI is InChI=1S/C21H16F3N5O2/c1-2-13-11-25-29(19(13)21(22,23)24)17-9-7-16(8-10-17)28-12-18(26-27-28)14-3-5-15(6-4-14)20(30)31/h3-12H,2H2,1H3,(H,30,31). The van der Waals surface area contributed by atoms with Crippen LogP contribution in [0, 0.1) is 0 Å². The van der Waals surface area contributed by atoms with E-state index in [1.54, 1.807) is 37.4 Å². The van der Waals surface area contributed by atoms with Crippen LogP contribution in [0.1, 0.15) is 28.5 Å². The van der Waals surface area contributed by atoms with E-state index < -0.39 is 17.8 Å². The first-order valence-corrected chi connectivity index (χ1v) is 9.29. The molecule has 0 saturated heterocycles. The molecule has 0 unspecified atom stereocenters. The Hall–Kier alpha value is -3.95. The number of nitrogens with zero attached hydrogens (tertiary/aromatic N) is 5. The van der Waals surface area contributed by atoms with Crippen LogP contribution in [0.4, 0.5) is 13.2 Å². The van der Waals surface area contributed by atoms with Gasteiger partial charge < -0.3 is 5.11 Å². The lowest BCUT2D eigenvalue weighted by Crippen LogP contribution is -2.15. The Labute approximate surface area is 174 Å². The lowest BCUT2D eigenvalue weighted by atomic mass is 10.1. The average Bonchev–Trinajstić information content (AvgIpc) is 3.41. The molecular weight excluding hydrogens is 411 g/mol. The van der Waals surface area contributed by atoms with Crippen LogP contribution in [-0.4, -0.2) is 35.9 Å². The van der Waals surface area contributed by atoms with Gasteiger partial charge in [-0.15, -0.1) is 5.10 Å². The Morgan fingerprint density at radius 2 is 1.68 bits per heavy atom. The van der Waals surface area contributed by atoms with Crippen LogP contribution < -0.4 is 0 Å². The van der Waals surface area contributed by atoms with Crippen molar-refractivity contribution in [1.82, 2.24) is 24.8 Å². The number of hydrogen-bond donors (Lipinski definition) is 1. The average molecular weight is 427 g/mol. The highest BCUT2D eigenvalue weighted by atomic mass is 19.4. The molecule has 2 heterocycles. The van der Waals surface area contributed by atoms with Gasteiger partial charge in [0.05, 0.1) is 29.3 Å². The quantitative estimate of drug-likeness (QED) is 0.510. The third-order valence-corrected chi connectivity index (χ3v) is 4.77. The monoisotopic (exact) mass is 427 g/mol. The highest BCUT2D eigenvalue weighted by molar-refractivity contribution is 5.88. The molecule has 0 aliphatic rings. The molecule has 0 radical (unpaired) electrons. The molecule has 0 amide bonds. The van der Waals surface area contributed by atoms with E-state index in [0.717, 1.165) is 4.68 Å². The fourth-order valence-corrected chi connectivity index (χ4v) is 3.19. The molecule has 0 fully saturated rings. The summed E-state index contributed by atoms with van der Waals surface area (Å²) >= 11 is 0. The zero-order valence-electron chi connectivity index (χ0n) is 16.2. The SMILES string of the molecule is CCc1cnn(-c2ccc(-n3cc(-c4ccc(C(=O)O)cc4)nn3)cc2)c1C(F)(F)F. The summed E-state index contributed by atoms with van der Waals surface area (Å²) in [7, 11) is 0. The number of aromatic carboxylic acids is 1. The van der Waals surface area contributed by atoms with Gasteiger partial charge >= 0.3 is 12.1 Å². The number of carboxylic acid groups (broad SMARTS) is 1. The summed E-state index contributed by atoms with van der Waals surface area (Å²) in [6.07, 6.45) is -1.41. The summed E-state index contributed by atoms with van der Waals surface area (Å²) in [5.41, 5.74) is 1.60. The molecule has 2 aromatic heterocycles. The van der Waals surface area contributed by atoms with E-state index in [9.17, 15) is 18.0 Å². The van der Waals surface area contributed by atoms with Crippen molar-refractivity contribution in [2.24, 2.45) is 0 Å². The molecule has 31 heavy (non-hydrogen) atoms. The maximum Gasteiger partial charge on any atom is 0.433 e. The molecule has 0 aliphatic carbocycles. The van der Waals surface area contributed by atoms with Crippen LogP contribution in [0.15, 0.2) is 60.9 Å². The van der Waals surface area contributed by atoms with Crippen molar-refractivity contribution in [3.8, 4) is 22.6 Å². The molecule has 0 saturated carbocycles. The Bertz CT molecular complexity index is 1230. The first-order chi connectivity index (χ1) is 14.8. The second-order valence-electron chi connectivity index (χ2n) is 6.73. The molecule has 0 aliphatic heterocycles. The third-order valence-electron chi connectivity index (χ3n) is 4.77. The third kappa shape index (κ3) is 3.91. The molecule has 0 bridgehead atoms. The Morgan fingerprint density at radius 1 is 1.03 bits per heavy atom. The number of halogens is 3. The van der Waals surface area contributed by atoms with E-state index in [4.69, 9.17) is 5.11 Å². The van der Waals surface area contributed by atoms with Gasteiger partial charge in [0.25, 0.3) is 0 Å². The van der Waals surface area contributed by atoms with E-state index >= 15 is 0 Å². The normalized spacial score (nSPS) is 11.6. The van der Waals surface area contributed by atoms with E-state index in [-0.39, 0.29) is 23.2 Å². The van der Waals surface area contributed by atoms with E-state index in [2.05, 4.69) is 15.4 Å². The molecule has 2 aromatic carbocycles. The van der Waals surface area contributed by atoms with Crippen LogP contribution in [0.3, 0.4) is 0 Å². The molecule has 7 nitrogen and oxygen atoms in total. The second kappa shape index (κ2) is 7.71. The minimum atomic E-state index is -4.52. The largest absolute Gasteiger partial charge is 0.478 e. The number of hydrogen-bond acceptors (Lipinski definition) is 4. The van der Waals surface area contributed by atoms with Gasteiger partial charge in [0, 0.05) is 11.1 Å². The first kappa shape index (κ1) is 20.3. The van der Waals surface area contributed by atoms with Gasteiger partial charge in [-0.2, -0.15) is 18.3 Å². The van der Waals surface area contributed by atoms with Crippen LogP contribution >= 0.6 is 0 Å². The van der Waals surface area contributed by atoms with Gasteiger partial charge in [-0.1, -0.05) is 24.3 Å². The van der Waals surface area contributed by atoms with Crippen molar-refractivity contribution >= 4 is 5.97 Å². The Morgan fingerprint density at radius 3 is 2.26 bits per heavy atom. The van der Waals surface area contributed by atoms with Gasteiger partial charge in [-0.25, -0.2) is 14.2 Å². The molecule has 4 rings (SSSR count). The van der Waals surface area contributed by atoms with Crippen molar-refractivity contribution in [3.05, 3.63) is 77.7 Å². The number of carbonyl (C=O) groups is 1. The summed E-state index contributed by atoms with van der Waals surface area (Å²) in [6, 6.07) is 12.5. The van der Waals surface area contributed by atoms with Gasteiger partial charge in [0.15, 0.2) is 5.69 Å². The highest BCUT2D eigenvalue weighted by Crippen LogP contribution is 2.34. The number of benzene rings is 2. The van der Waals surface area contributed by atoms with E-state index in [1.807, 2.05) is 0 Å². The summed E-state index contributed by atoms with van der Waals surface area (Å²) in [5.74, 6) is -1.02. The number of aryl methyl sites for hydroxylation is 1. The van der Waals surface area contributed by atoms with Gasteiger partial charge in [0.2, 0.25) is 0 Å². The number of rotatable bonds is 5. The van der Waals surface area contributed by atoms with Gasteiger partial charge in [0.1, 0.15) is 5.69 Å². The lowest BCUT2D eigenvalue weighted by Gasteiger charge is -2.12. The number of carboxylic acids is 1. The topological polar surface area (TPSA) is 85.8 Å². The Kier molecular flexibility index (Phi) is 5.05. The predicted molar refractivity (Wildman–Crippen MR) is 105 cm³/mol. The molecule has 1 N–H and O–H groups in total. The predicted octanol–water partition coefficient (Wildman–Crippen LogP) is 4.40. The number of aromatic nitrogens is 5. The van der Waals surface area contributed by atoms with Crippen molar-refractivity contribution in [1.29, 1.82) is 0 Å². The maximum absolute atomic E-state index is 13.5. The molecule has 0 spiro atoms. The van der Waals surface area contributed by atoms with Crippen LogP contribution in [-0.2, 0) is 12.6 Å². The van der Waals surface area contributed by atoms with Crippen LogP contribution in [0.2, 0.25) is 0 Å². The van der Waals surface area contributed by atoms with Crippen LogP contribution in [0.5, 0.6) is 0 Å². The second-order valence-corrected chi connectivity index (χ2v) is 6.73. The van der Waals surface area contributed by atoms with Crippen molar-refractivity contribution in [2.45, 2.75) is 19.5 Å². The maximum atomic E-state index is 13.5. The Balaban J connectivity index is 1.62. The molecule has 10 heteroatoms. The summed E-state index contributed by atoms with van der Waals surface area (Å²) in [4.78, 5) is 11.0. The van der Waals surface area contributed by atoms with Crippen molar-refractivity contribution in [3.63, 3.8) is 0 Å². The highest BCUT2D eigenvalue weighted by Gasteiger charge is 2.38. The smallest absolute Gasteiger partial charge is 0.433 e. The lowest BCUT2D eigenvalue weighted by molar-refractivity contribution is -0.143. The zero-order chi connectivity index (χ0) is 22.2. The summed E-state index contributed by atoms with van der Waals surface area (Å²) in [6.45, 7) is 1.65. The fourth-order valence-electron chi connectivity index (χ4n) is 3.19. The first-order valence-electron chi connectivity index (χ1n) is 9.29.